The van der Waals surface area contributed by atoms with Crippen LogP contribution in [0, 0.1) is 0 Å². The average Bonchev–Trinajstić information content (AvgIpc) is 2.30. The van der Waals surface area contributed by atoms with Gasteiger partial charge >= 0.3 is 0 Å². The minimum Gasteiger partial charge on any atom is -0.255 e. The largest absolute Gasteiger partial charge is 0.255 e. The summed E-state index contributed by atoms with van der Waals surface area (Å²) in [5.41, 5.74) is 1.51. The van der Waals surface area contributed by atoms with Crippen molar-refractivity contribution in [2.75, 3.05) is 0 Å². The van der Waals surface area contributed by atoms with Gasteiger partial charge in [-0.05, 0) is 24.3 Å². The maximum atomic E-state index is 6.01. The van der Waals surface area contributed by atoms with E-state index < -0.39 is 0 Å². The van der Waals surface area contributed by atoms with E-state index in [0.717, 1.165) is 5.56 Å². The molecule has 0 unspecified atom stereocenters. The number of rotatable bonds is 2. The van der Waals surface area contributed by atoms with E-state index in [1.165, 1.54) is 0 Å². The van der Waals surface area contributed by atoms with E-state index in [0.29, 0.717) is 20.8 Å². The van der Waals surface area contributed by atoms with Crippen LogP contribution in [0.1, 0.15) is 5.56 Å². The van der Waals surface area contributed by atoms with E-state index >= 15 is 0 Å². The van der Waals surface area contributed by atoms with Gasteiger partial charge in [0, 0.05) is 21.8 Å². The Kier molecular flexibility index (Phi) is 4.06. The van der Waals surface area contributed by atoms with Crippen molar-refractivity contribution in [2.24, 2.45) is 4.99 Å². The Bertz CT molecular complexity index is 564. The summed E-state index contributed by atoms with van der Waals surface area (Å²) in [7, 11) is 0. The summed E-state index contributed by atoms with van der Waals surface area (Å²) in [6, 6.07) is 12.6. The Morgan fingerprint density at radius 2 is 1.65 bits per heavy atom. The van der Waals surface area contributed by atoms with Crippen LogP contribution in [0.25, 0.3) is 0 Å². The minimum absolute atomic E-state index is 0.515. The van der Waals surface area contributed by atoms with Crippen LogP contribution < -0.4 is 0 Å². The van der Waals surface area contributed by atoms with Gasteiger partial charge in [0.1, 0.15) is 0 Å². The lowest BCUT2D eigenvalue weighted by Crippen LogP contribution is -1.81. The lowest BCUT2D eigenvalue weighted by molar-refractivity contribution is 1.52. The van der Waals surface area contributed by atoms with Crippen LogP contribution >= 0.6 is 34.8 Å². The predicted octanol–water partition coefficient (Wildman–Crippen LogP) is 5.40. The van der Waals surface area contributed by atoms with Gasteiger partial charge in [-0.1, -0.05) is 53.0 Å². The second-order valence-corrected chi connectivity index (χ2v) is 4.63. The molecule has 0 spiro atoms. The standard InChI is InChI=1S/C13H8Cl3N/c14-10-5-6-13(12(16)7-10)17-8-9-3-1-2-4-11(9)15/h1-8H. The van der Waals surface area contributed by atoms with E-state index in [1.807, 2.05) is 24.3 Å². The van der Waals surface area contributed by atoms with Crippen LogP contribution in [0.4, 0.5) is 5.69 Å². The van der Waals surface area contributed by atoms with Crippen molar-refractivity contribution in [3.63, 3.8) is 0 Å². The molecule has 4 heteroatoms. The highest BCUT2D eigenvalue weighted by molar-refractivity contribution is 6.36. The molecule has 17 heavy (non-hydrogen) atoms. The Morgan fingerprint density at radius 3 is 2.35 bits per heavy atom. The molecule has 86 valence electrons. The molecule has 0 aliphatic rings. The normalized spacial score (nSPS) is 11.0. The minimum atomic E-state index is 0.515. The fourth-order valence-electron chi connectivity index (χ4n) is 1.30. The molecule has 2 aromatic carbocycles. The lowest BCUT2D eigenvalue weighted by atomic mass is 10.2. The molecule has 0 radical (unpaired) electrons. The highest BCUT2D eigenvalue weighted by atomic mass is 35.5. The van der Waals surface area contributed by atoms with Crippen molar-refractivity contribution in [1.29, 1.82) is 0 Å². The molecule has 0 bridgehead atoms. The average molecular weight is 285 g/mol. The third-order valence-electron chi connectivity index (χ3n) is 2.16. The third kappa shape index (κ3) is 3.22. The zero-order chi connectivity index (χ0) is 12.3. The number of hydrogen-bond donors (Lipinski definition) is 0. The Labute approximate surface area is 115 Å². The third-order valence-corrected chi connectivity index (χ3v) is 3.04. The highest BCUT2D eigenvalue weighted by Gasteiger charge is 1.99. The summed E-state index contributed by atoms with van der Waals surface area (Å²) < 4.78 is 0. The predicted molar refractivity (Wildman–Crippen MR) is 75.2 cm³/mol. The first-order valence-electron chi connectivity index (χ1n) is 4.90. The molecule has 0 aliphatic heterocycles. The number of benzene rings is 2. The molecule has 2 aromatic rings. The molecule has 0 N–H and O–H groups in total. The first kappa shape index (κ1) is 12.4. The molecule has 0 atom stereocenters. The zero-order valence-electron chi connectivity index (χ0n) is 8.70. The summed E-state index contributed by atoms with van der Waals surface area (Å²) in [6.07, 6.45) is 1.68. The van der Waals surface area contributed by atoms with Gasteiger partial charge < -0.3 is 0 Å². The Hall–Kier alpha value is -1.02. The van der Waals surface area contributed by atoms with Crippen molar-refractivity contribution >= 4 is 46.7 Å². The van der Waals surface area contributed by atoms with Crippen molar-refractivity contribution in [3.8, 4) is 0 Å². The molecule has 0 aliphatic carbocycles. The highest BCUT2D eigenvalue weighted by Crippen LogP contribution is 2.28. The first-order chi connectivity index (χ1) is 8.16. The molecular weight excluding hydrogens is 277 g/mol. The van der Waals surface area contributed by atoms with Gasteiger partial charge in [-0.2, -0.15) is 0 Å². The zero-order valence-corrected chi connectivity index (χ0v) is 11.0. The summed E-state index contributed by atoms with van der Waals surface area (Å²) in [5.74, 6) is 0. The molecule has 0 saturated heterocycles. The van der Waals surface area contributed by atoms with E-state index in [-0.39, 0.29) is 0 Å². The van der Waals surface area contributed by atoms with E-state index in [2.05, 4.69) is 4.99 Å². The van der Waals surface area contributed by atoms with Gasteiger partial charge in [-0.25, -0.2) is 0 Å². The molecule has 1 nitrogen and oxygen atoms in total. The van der Waals surface area contributed by atoms with E-state index in [9.17, 15) is 0 Å². The van der Waals surface area contributed by atoms with Crippen LogP contribution in [0.15, 0.2) is 47.5 Å². The van der Waals surface area contributed by atoms with Gasteiger partial charge in [0.25, 0.3) is 0 Å². The summed E-state index contributed by atoms with van der Waals surface area (Å²) in [4.78, 5) is 4.28. The number of hydrogen-bond acceptors (Lipinski definition) is 1. The summed E-state index contributed by atoms with van der Waals surface area (Å²) in [6.45, 7) is 0. The van der Waals surface area contributed by atoms with Crippen LogP contribution in [0.5, 0.6) is 0 Å². The Balaban J connectivity index is 2.29. The molecule has 0 amide bonds. The number of halogens is 3. The summed E-state index contributed by atoms with van der Waals surface area (Å²) in [5, 5.41) is 1.76. The van der Waals surface area contributed by atoms with Crippen LogP contribution in [-0.2, 0) is 0 Å². The maximum absolute atomic E-state index is 6.01. The van der Waals surface area contributed by atoms with Crippen LogP contribution in [0.2, 0.25) is 15.1 Å². The monoisotopic (exact) mass is 283 g/mol. The first-order valence-corrected chi connectivity index (χ1v) is 6.04. The topological polar surface area (TPSA) is 12.4 Å². The van der Waals surface area contributed by atoms with Gasteiger partial charge in [-0.3, -0.25) is 4.99 Å². The maximum Gasteiger partial charge on any atom is 0.0817 e. The molecule has 2 rings (SSSR count). The van der Waals surface area contributed by atoms with Crippen molar-refractivity contribution in [2.45, 2.75) is 0 Å². The van der Waals surface area contributed by atoms with Crippen molar-refractivity contribution in [3.05, 3.63) is 63.1 Å². The number of nitrogens with zero attached hydrogens (tertiary/aromatic N) is 1. The summed E-state index contributed by atoms with van der Waals surface area (Å²) >= 11 is 17.8. The molecule has 0 heterocycles. The molecule has 0 aromatic heterocycles. The van der Waals surface area contributed by atoms with Crippen molar-refractivity contribution in [1.82, 2.24) is 0 Å². The van der Waals surface area contributed by atoms with Gasteiger partial charge in [0.2, 0.25) is 0 Å². The quantitative estimate of drug-likeness (QED) is 0.655. The second kappa shape index (κ2) is 5.54. The molecule has 0 fully saturated rings. The smallest absolute Gasteiger partial charge is 0.0817 e. The fraction of sp³-hybridized carbons (Fsp3) is 0. The number of aliphatic imine (C=N–C) groups is 1. The van der Waals surface area contributed by atoms with Crippen molar-refractivity contribution < 1.29 is 0 Å². The van der Waals surface area contributed by atoms with E-state index in [1.54, 1.807) is 24.4 Å². The molecular formula is C13H8Cl3N. The Morgan fingerprint density at radius 1 is 0.882 bits per heavy atom. The van der Waals surface area contributed by atoms with Gasteiger partial charge in [0.15, 0.2) is 0 Å². The second-order valence-electron chi connectivity index (χ2n) is 3.38. The fourth-order valence-corrected chi connectivity index (χ4v) is 1.95. The lowest BCUT2D eigenvalue weighted by Gasteiger charge is -1.99. The van der Waals surface area contributed by atoms with Crippen LogP contribution in [0.3, 0.4) is 0 Å². The van der Waals surface area contributed by atoms with Gasteiger partial charge in [-0.15, -0.1) is 0 Å². The van der Waals surface area contributed by atoms with Crippen LogP contribution in [-0.4, -0.2) is 6.21 Å². The van der Waals surface area contributed by atoms with Gasteiger partial charge in [0.05, 0.1) is 10.7 Å². The SMILES string of the molecule is Clc1ccc(N=Cc2ccccc2Cl)c(Cl)c1. The molecule has 0 saturated carbocycles. The van der Waals surface area contributed by atoms with E-state index in [4.69, 9.17) is 34.8 Å².